The van der Waals surface area contributed by atoms with Crippen LogP contribution in [0.15, 0.2) is 30.3 Å². The molecule has 0 unspecified atom stereocenters. The molecule has 0 bridgehead atoms. The summed E-state index contributed by atoms with van der Waals surface area (Å²) in [7, 11) is 0. The highest BCUT2D eigenvalue weighted by molar-refractivity contribution is 5.55. The Morgan fingerprint density at radius 1 is 1.36 bits per heavy atom. The molecule has 4 N–H and O–H groups in total. The standard InChI is InChI=1S/C9H12N2/c10-6-2-4-8-3-1-5-9(11)7-8/h1-5,7H,6,10-11H2/b4-2+. The molecule has 0 heterocycles. The average Bonchev–Trinajstić information content (AvgIpc) is 2.01. The van der Waals surface area contributed by atoms with E-state index in [-0.39, 0.29) is 0 Å². The lowest BCUT2D eigenvalue weighted by Gasteiger charge is -1.94. The van der Waals surface area contributed by atoms with Crippen LogP contribution in [-0.2, 0) is 0 Å². The number of nitrogen functional groups attached to an aromatic ring is 1. The number of nitrogens with two attached hydrogens (primary N) is 2. The van der Waals surface area contributed by atoms with Gasteiger partial charge in [0.1, 0.15) is 0 Å². The van der Waals surface area contributed by atoms with Gasteiger partial charge in [-0.1, -0.05) is 24.3 Å². The summed E-state index contributed by atoms with van der Waals surface area (Å²) in [6, 6.07) is 7.68. The highest BCUT2D eigenvalue weighted by Crippen LogP contribution is 2.07. The molecule has 0 radical (unpaired) electrons. The molecule has 2 heteroatoms. The Morgan fingerprint density at radius 2 is 2.18 bits per heavy atom. The molecule has 0 aliphatic heterocycles. The Labute approximate surface area is 66.5 Å². The molecule has 1 aromatic carbocycles. The van der Waals surface area contributed by atoms with Gasteiger partial charge in [-0.3, -0.25) is 0 Å². The Morgan fingerprint density at radius 3 is 2.82 bits per heavy atom. The molecule has 58 valence electrons. The van der Waals surface area contributed by atoms with Crippen LogP contribution in [-0.4, -0.2) is 6.54 Å². The molecular formula is C9H12N2. The van der Waals surface area contributed by atoms with Crippen molar-refractivity contribution in [3.05, 3.63) is 35.9 Å². The van der Waals surface area contributed by atoms with Crippen LogP contribution in [0.1, 0.15) is 5.56 Å². The van der Waals surface area contributed by atoms with Crippen LogP contribution >= 0.6 is 0 Å². The molecular weight excluding hydrogens is 136 g/mol. The van der Waals surface area contributed by atoms with Gasteiger partial charge in [0.05, 0.1) is 0 Å². The van der Waals surface area contributed by atoms with Crippen molar-refractivity contribution in [2.45, 2.75) is 0 Å². The normalized spacial score (nSPS) is 10.6. The molecule has 0 aliphatic rings. The highest BCUT2D eigenvalue weighted by atomic mass is 14.5. The molecule has 0 saturated heterocycles. The van der Waals surface area contributed by atoms with Crippen molar-refractivity contribution in [3.63, 3.8) is 0 Å². The summed E-state index contributed by atoms with van der Waals surface area (Å²) in [4.78, 5) is 0. The summed E-state index contributed by atoms with van der Waals surface area (Å²) in [5.74, 6) is 0. The first-order chi connectivity index (χ1) is 5.33. The summed E-state index contributed by atoms with van der Waals surface area (Å²) in [5.41, 5.74) is 12.7. The first-order valence-electron chi connectivity index (χ1n) is 3.55. The topological polar surface area (TPSA) is 52.0 Å². The van der Waals surface area contributed by atoms with Gasteiger partial charge in [0.15, 0.2) is 0 Å². The van der Waals surface area contributed by atoms with E-state index in [2.05, 4.69) is 0 Å². The maximum Gasteiger partial charge on any atom is 0.0319 e. The third kappa shape index (κ3) is 2.43. The highest BCUT2D eigenvalue weighted by Gasteiger charge is 1.85. The number of rotatable bonds is 2. The van der Waals surface area contributed by atoms with Crippen LogP contribution in [0, 0.1) is 0 Å². The molecule has 11 heavy (non-hydrogen) atoms. The molecule has 0 fully saturated rings. The zero-order valence-corrected chi connectivity index (χ0v) is 6.33. The van der Waals surface area contributed by atoms with Crippen molar-refractivity contribution in [3.8, 4) is 0 Å². The summed E-state index contributed by atoms with van der Waals surface area (Å²) >= 11 is 0. The van der Waals surface area contributed by atoms with E-state index in [0.717, 1.165) is 11.3 Å². The summed E-state index contributed by atoms with van der Waals surface area (Å²) in [6.07, 6.45) is 3.85. The molecule has 0 aliphatic carbocycles. The first-order valence-corrected chi connectivity index (χ1v) is 3.55. The fourth-order valence-corrected chi connectivity index (χ4v) is 0.867. The smallest absolute Gasteiger partial charge is 0.0319 e. The van der Waals surface area contributed by atoms with Crippen molar-refractivity contribution in [2.75, 3.05) is 12.3 Å². The van der Waals surface area contributed by atoms with Crippen molar-refractivity contribution in [1.82, 2.24) is 0 Å². The van der Waals surface area contributed by atoms with Gasteiger partial charge in [0, 0.05) is 12.2 Å². The van der Waals surface area contributed by atoms with Gasteiger partial charge in [-0.2, -0.15) is 0 Å². The lowest BCUT2D eigenvalue weighted by atomic mass is 10.2. The van der Waals surface area contributed by atoms with Crippen LogP contribution in [0.25, 0.3) is 6.08 Å². The second-order valence-corrected chi connectivity index (χ2v) is 2.31. The third-order valence-electron chi connectivity index (χ3n) is 1.36. The second-order valence-electron chi connectivity index (χ2n) is 2.31. The second kappa shape index (κ2) is 3.78. The summed E-state index contributed by atoms with van der Waals surface area (Å²) in [6.45, 7) is 0.564. The van der Waals surface area contributed by atoms with Crippen LogP contribution in [0.2, 0.25) is 0 Å². The number of hydrogen-bond acceptors (Lipinski definition) is 2. The van der Waals surface area contributed by atoms with Gasteiger partial charge < -0.3 is 11.5 Å². The maximum atomic E-state index is 5.57. The van der Waals surface area contributed by atoms with Gasteiger partial charge >= 0.3 is 0 Å². The first kappa shape index (κ1) is 7.82. The van der Waals surface area contributed by atoms with E-state index < -0.39 is 0 Å². The minimum Gasteiger partial charge on any atom is -0.399 e. The van der Waals surface area contributed by atoms with Crippen molar-refractivity contribution in [2.24, 2.45) is 5.73 Å². The summed E-state index contributed by atoms with van der Waals surface area (Å²) in [5, 5.41) is 0. The number of anilines is 1. The van der Waals surface area contributed by atoms with Gasteiger partial charge in [-0.15, -0.1) is 0 Å². The van der Waals surface area contributed by atoms with E-state index in [0.29, 0.717) is 6.54 Å². The Balaban J connectivity index is 2.79. The van der Waals surface area contributed by atoms with E-state index in [1.54, 1.807) is 0 Å². The lowest BCUT2D eigenvalue weighted by molar-refractivity contribution is 1.26. The molecule has 0 saturated carbocycles. The summed E-state index contributed by atoms with van der Waals surface area (Å²) < 4.78 is 0. The zero-order chi connectivity index (χ0) is 8.10. The van der Waals surface area contributed by atoms with Crippen LogP contribution in [0.5, 0.6) is 0 Å². The van der Waals surface area contributed by atoms with Gasteiger partial charge in [0.25, 0.3) is 0 Å². The molecule has 0 aromatic heterocycles. The Kier molecular flexibility index (Phi) is 2.69. The third-order valence-corrected chi connectivity index (χ3v) is 1.36. The van der Waals surface area contributed by atoms with Gasteiger partial charge in [0.2, 0.25) is 0 Å². The van der Waals surface area contributed by atoms with E-state index in [1.807, 2.05) is 36.4 Å². The molecule has 0 amide bonds. The number of benzene rings is 1. The van der Waals surface area contributed by atoms with Crippen molar-refractivity contribution >= 4 is 11.8 Å². The molecule has 2 nitrogen and oxygen atoms in total. The fourth-order valence-electron chi connectivity index (χ4n) is 0.867. The molecule has 0 spiro atoms. The molecule has 1 aromatic rings. The molecule has 1 rings (SSSR count). The Hall–Kier alpha value is -1.28. The predicted molar refractivity (Wildman–Crippen MR) is 48.9 cm³/mol. The van der Waals surface area contributed by atoms with Crippen LogP contribution < -0.4 is 11.5 Å². The maximum absolute atomic E-state index is 5.57. The molecule has 0 atom stereocenters. The van der Waals surface area contributed by atoms with Crippen molar-refractivity contribution in [1.29, 1.82) is 0 Å². The van der Waals surface area contributed by atoms with Crippen molar-refractivity contribution < 1.29 is 0 Å². The van der Waals surface area contributed by atoms with E-state index >= 15 is 0 Å². The largest absolute Gasteiger partial charge is 0.399 e. The van der Waals surface area contributed by atoms with Crippen LogP contribution in [0.4, 0.5) is 5.69 Å². The van der Waals surface area contributed by atoms with Crippen LogP contribution in [0.3, 0.4) is 0 Å². The predicted octanol–water partition coefficient (Wildman–Crippen LogP) is 1.24. The quantitative estimate of drug-likeness (QED) is 0.620. The minimum atomic E-state index is 0.564. The SMILES string of the molecule is NC/C=C/c1cccc(N)c1. The fraction of sp³-hybridized carbons (Fsp3) is 0.111. The average molecular weight is 148 g/mol. The zero-order valence-electron chi connectivity index (χ0n) is 6.33. The monoisotopic (exact) mass is 148 g/mol. The Bertz CT molecular complexity index is 253. The minimum absolute atomic E-state index is 0.564. The van der Waals surface area contributed by atoms with E-state index in [4.69, 9.17) is 11.5 Å². The van der Waals surface area contributed by atoms with Gasteiger partial charge in [-0.25, -0.2) is 0 Å². The number of hydrogen-bond donors (Lipinski definition) is 2. The van der Waals surface area contributed by atoms with Gasteiger partial charge in [-0.05, 0) is 17.7 Å². The van der Waals surface area contributed by atoms with E-state index in [9.17, 15) is 0 Å². The van der Waals surface area contributed by atoms with E-state index in [1.165, 1.54) is 0 Å². The lowest BCUT2D eigenvalue weighted by Crippen LogP contribution is -1.92.